The Morgan fingerprint density at radius 2 is 1.89 bits per heavy atom. The minimum absolute atomic E-state index is 0.173. The highest BCUT2D eigenvalue weighted by Crippen LogP contribution is 2.19. The van der Waals surface area contributed by atoms with Crippen molar-refractivity contribution in [3.05, 3.63) is 59.7 Å². The first-order chi connectivity index (χ1) is 8.65. The lowest BCUT2D eigenvalue weighted by Crippen LogP contribution is -2.18. The third-order valence-electron chi connectivity index (χ3n) is 2.75. The summed E-state index contributed by atoms with van der Waals surface area (Å²) >= 11 is 0. The molecule has 0 saturated heterocycles. The number of nitrogens with two attached hydrogens (primary N) is 1. The highest BCUT2D eigenvalue weighted by Gasteiger charge is 2.06. The van der Waals surface area contributed by atoms with Crippen LogP contribution in [0.5, 0.6) is 11.5 Å². The van der Waals surface area contributed by atoms with Crippen molar-refractivity contribution in [2.45, 2.75) is 13.0 Å². The molecule has 3 heteroatoms. The van der Waals surface area contributed by atoms with Gasteiger partial charge in [0.15, 0.2) is 0 Å². The van der Waals surface area contributed by atoms with Crippen molar-refractivity contribution in [2.75, 3.05) is 6.61 Å². The molecule has 0 aromatic heterocycles. The highest BCUT2D eigenvalue weighted by molar-refractivity contribution is 5.32. The van der Waals surface area contributed by atoms with E-state index in [2.05, 4.69) is 0 Å². The van der Waals surface area contributed by atoms with Gasteiger partial charge >= 0.3 is 0 Å². The van der Waals surface area contributed by atoms with Crippen molar-refractivity contribution in [2.24, 2.45) is 5.73 Å². The van der Waals surface area contributed by atoms with Crippen molar-refractivity contribution >= 4 is 0 Å². The van der Waals surface area contributed by atoms with Gasteiger partial charge in [-0.15, -0.1) is 0 Å². The summed E-state index contributed by atoms with van der Waals surface area (Å²) in [6.45, 7) is 2.42. The lowest BCUT2D eigenvalue weighted by atomic mass is 10.1. The number of rotatable bonds is 4. The molecule has 1 atom stereocenters. The molecule has 0 amide bonds. The van der Waals surface area contributed by atoms with Gasteiger partial charge < -0.3 is 15.6 Å². The fraction of sp³-hybridized carbons (Fsp3) is 0.200. The Bertz CT molecular complexity index is 508. The van der Waals surface area contributed by atoms with Crippen LogP contribution < -0.4 is 10.5 Å². The number of hydrogen-bond acceptors (Lipinski definition) is 3. The Labute approximate surface area is 107 Å². The van der Waals surface area contributed by atoms with Crippen LogP contribution in [0.2, 0.25) is 0 Å². The van der Waals surface area contributed by atoms with E-state index in [4.69, 9.17) is 10.5 Å². The average molecular weight is 243 g/mol. The Morgan fingerprint density at radius 3 is 2.56 bits per heavy atom. The fourth-order valence-corrected chi connectivity index (χ4v) is 1.67. The molecule has 0 radical (unpaired) electrons. The molecule has 18 heavy (non-hydrogen) atoms. The molecule has 2 aromatic rings. The van der Waals surface area contributed by atoms with E-state index < -0.39 is 0 Å². The van der Waals surface area contributed by atoms with Crippen LogP contribution in [0.15, 0.2) is 48.5 Å². The summed E-state index contributed by atoms with van der Waals surface area (Å²) < 4.78 is 5.55. The molecule has 3 nitrogen and oxygen atoms in total. The number of hydrogen-bond donors (Lipinski definition) is 2. The number of aromatic hydroxyl groups is 1. The van der Waals surface area contributed by atoms with Crippen LogP contribution in [0, 0.1) is 6.92 Å². The second-order valence-corrected chi connectivity index (χ2v) is 4.33. The van der Waals surface area contributed by atoms with E-state index in [0.717, 1.165) is 5.56 Å². The summed E-state index contributed by atoms with van der Waals surface area (Å²) in [6.07, 6.45) is 0. The summed E-state index contributed by atoms with van der Waals surface area (Å²) in [5.41, 5.74) is 8.29. The quantitative estimate of drug-likeness (QED) is 0.868. The van der Waals surface area contributed by atoms with Gasteiger partial charge in [-0.05, 0) is 24.6 Å². The zero-order valence-electron chi connectivity index (χ0n) is 10.3. The molecule has 94 valence electrons. The average Bonchev–Trinajstić information content (AvgIpc) is 2.37. The van der Waals surface area contributed by atoms with Gasteiger partial charge in [0, 0.05) is 6.07 Å². The predicted octanol–water partition coefficient (Wildman–Crippen LogP) is 2.78. The molecule has 0 spiro atoms. The second-order valence-electron chi connectivity index (χ2n) is 4.33. The molecule has 3 N–H and O–H groups in total. The first-order valence-electron chi connectivity index (χ1n) is 5.89. The molecule has 0 aliphatic carbocycles. The SMILES string of the molecule is Cc1ccc(C(N)COc2cccc(O)c2)cc1. The molecule has 0 saturated carbocycles. The zero-order chi connectivity index (χ0) is 13.0. The topological polar surface area (TPSA) is 55.5 Å². The minimum atomic E-state index is -0.173. The van der Waals surface area contributed by atoms with Crippen LogP contribution in [-0.4, -0.2) is 11.7 Å². The number of phenolic OH excluding ortho intramolecular Hbond substituents is 1. The molecule has 1 unspecified atom stereocenters. The smallest absolute Gasteiger partial charge is 0.123 e. The maximum atomic E-state index is 9.31. The van der Waals surface area contributed by atoms with Gasteiger partial charge in [-0.3, -0.25) is 0 Å². The molecule has 0 bridgehead atoms. The van der Waals surface area contributed by atoms with Crippen LogP contribution >= 0.6 is 0 Å². The van der Waals surface area contributed by atoms with Crippen molar-refractivity contribution in [1.82, 2.24) is 0 Å². The van der Waals surface area contributed by atoms with Gasteiger partial charge in [-0.1, -0.05) is 35.9 Å². The van der Waals surface area contributed by atoms with Crippen LogP contribution in [0.1, 0.15) is 17.2 Å². The summed E-state index contributed by atoms with van der Waals surface area (Å²) in [6, 6.07) is 14.6. The lowest BCUT2D eigenvalue weighted by Gasteiger charge is -2.14. The number of phenols is 1. The summed E-state index contributed by atoms with van der Waals surface area (Å²) in [7, 11) is 0. The van der Waals surface area contributed by atoms with Crippen LogP contribution in [0.4, 0.5) is 0 Å². The third kappa shape index (κ3) is 3.25. The van der Waals surface area contributed by atoms with Crippen molar-refractivity contribution < 1.29 is 9.84 Å². The summed E-state index contributed by atoms with van der Waals surface area (Å²) in [5.74, 6) is 0.814. The van der Waals surface area contributed by atoms with Gasteiger partial charge in [0.1, 0.15) is 18.1 Å². The van der Waals surface area contributed by atoms with Gasteiger partial charge in [-0.25, -0.2) is 0 Å². The Balaban J connectivity index is 1.96. The first kappa shape index (κ1) is 12.5. The summed E-state index contributed by atoms with van der Waals surface area (Å²) in [4.78, 5) is 0. The predicted molar refractivity (Wildman–Crippen MR) is 71.7 cm³/mol. The van der Waals surface area contributed by atoms with Crippen molar-refractivity contribution in [3.63, 3.8) is 0 Å². The molecule has 2 aromatic carbocycles. The van der Waals surface area contributed by atoms with Gasteiger partial charge in [0.2, 0.25) is 0 Å². The number of ether oxygens (including phenoxy) is 1. The van der Waals surface area contributed by atoms with Crippen LogP contribution in [0.3, 0.4) is 0 Å². The lowest BCUT2D eigenvalue weighted by molar-refractivity contribution is 0.289. The van der Waals surface area contributed by atoms with E-state index in [9.17, 15) is 5.11 Å². The van der Waals surface area contributed by atoms with E-state index >= 15 is 0 Å². The highest BCUT2D eigenvalue weighted by atomic mass is 16.5. The van der Waals surface area contributed by atoms with Crippen LogP contribution in [0.25, 0.3) is 0 Å². The molecule has 0 fully saturated rings. The van der Waals surface area contributed by atoms with Crippen molar-refractivity contribution in [1.29, 1.82) is 0 Å². The van der Waals surface area contributed by atoms with E-state index in [1.54, 1.807) is 24.3 Å². The fourth-order valence-electron chi connectivity index (χ4n) is 1.67. The Hall–Kier alpha value is -2.00. The van der Waals surface area contributed by atoms with E-state index in [1.165, 1.54) is 5.56 Å². The van der Waals surface area contributed by atoms with E-state index in [-0.39, 0.29) is 11.8 Å². The standard InChI is InChI=1S/C15H17NO2/c1-11-5-7-12(8-6-11)15(16)10-18-14-4-2-3-13(17)9-14/h2-9,15,17H,10,16H2,1H3. The molecular formula is C15H17NO2. The van der Waals surface area contributed by atoms with Gasteiger partial charge in [0.25, 0.3) is 0 Å². The van der Waals surface area contributed by atoms with E-state index in [1.807, 2.05) is 31.2 Å². The zero-order valence-corrected chi connectivity index (χ0v) is 10.3. The molecule has 0 aliphatic heterocycles. The number of benzene rings is 2. The largest absolute Gasteiger partial charge is 0.508 e. The molecule has 2 rings (SSSR count). The van der Waals surface area contributed by atoms with Gasteiger partial charge in [0.05, 0.1) is 6.04 Å². The maximum absolute atomic E-state index is 9.31. The van der Waals surface area contributed by atoms with Crippen molar-refractivity contribution in [3.8, 4) is 11.5 Å². The first-order valence-corrected chi connectivity index (χ1v) is 5.89. The molecule has 0 heterocycles. The monoisotopic (exact) mass is 243 g/mol. The van der Waals surface area contributed by atoms with Crippen LogP contribution in [-0.2, 0) is 0 Å². The Morgan fingerprint density at radius 1 is 1.17 bits per heavy atom. The molecule has 0 aliphatic rings. The Kier molecular flexibility index (Phi) is 3.85. The van der Waals surface area contributed by atoms with E-state index in [0.29, 0.717) is 12.4 Å². The van der Waals surface area contributed by atoms with Gasteiger partial charge in [-0.2, -0.15) is 0 Å². The molecular weight excluding hydrogens is 226 g/mol. The normalized spacial score (nSPS) is 12.1. The minimum Gasteiger partial charge on any atom is -0.508 e. The maximum Gasteiger partial charge on any atom is 0.123 e. The number of aryl methyl sites for hydroxylation is 1. The second kappa shape index (κ2) is 5.56. The summed E-state index contributed by atoms with van der Waals surface area (Å²) in [5, 5.41) is 9.31. The third-order valence-corrected chi connectivity index (χ3v) is 2.75.